The van der Waals surface area contributed by atoms with Gasteiger partial charge in [0.15, 0.2) is 5.16 Å². The van der Waals surface area contributed by atoms with Crippen molar-refractivity contribution in [3.05, 3.63) is 46.8 Å². The fourth-order valence-corrected chi connectivity index (χ4v) is 3.64. The van der Waals surface area contributed by atoms with E-state index in [1.54, 1.807) is 26.0 Å². The lowest BCUT2D eigenvalue weighted by atomic mass is 10.1. The number of carbonyl (C=O) groups is 1. The van der Waals surface area contributed by atoms with Gasteiger partial charge in [0.1, 0.15) is 0 Å². The lowest BCUT2D eigenvalue weighted by molar-refractivity contribution is -0.127. The number of hydrogen-bond acceptors (Lipinski definition) is 4. The van der Waals surface area contributed by atoms with Gasteiger partial charge in [-0.2, -0.15) is 0 Å². The Balaban J connectivity index is 2.13. The number of amides is 1. The smallest absolute Gasteiger partial charge is 0.261 e. The molecule has 1 amide bonds. The summed E-state index contributed by atoms with van der Waals surface area (Å²) in [4.78, 5) is 30.9. The van der Waals surface area contributed by atoms with Crippen LogP contribution >= 0.6 is 11.8 Å². The molecule has 1 atom stereocenters. The molecule has 0 bridgehead atoms. The van der Waals surface area contributed by atoms with Crippen molar-refractivity contribution >= 4 is 39.3 Å². The molecule has 0 aliphatic carbocycles. The third kappa shape index (κ3) is 2.89. The van der Waals surface area contributed by atoms with Crippen molar-refractivity contribution in [3.8, 4) is 0 Å². The zero-order valence-electron chi connectivity index (χ0n) is 14.1. The Morgan fingerprint density at radius 2 is 1.83 bits per heavy atom. The van der Waals surface area contributed by atoms with Gasteiger partial charge in [0.2, 0.25) is 5.91 Å². The van der Waals surface area contributed by atoms with Crippen LogP contribution in [-0.2, 0) is 11.8 Å². The zero-order chi connectivity index (χ0) is 17.4. The monoisotopic (exact) mass is 341 g/mol. The van der Waals surface area contributed by atoms with Gasteiger partial charge in [-0.05, 0) is 29.8 Å². The van der Waals surface area contributed by atoms with Gasteiger partial charge in [-0.15, -0.1) is 0 Å². The number of hydrogen-bond donors (Lipinski definition) is 0. The molecule has 3 aromatic rings. The van der Waals surface area contributed by atoms with E-state index in [1.165, 1.54) is 16.3 Å². The second kappa shape index (κ2) is 6.28. The van der Waals surface area contributed by atoms with Gasteiger partial charge in [-0.1, -0.05) is 36.0 Å². The van der Waals surface area contributed by atoms with Crippen molar-refractivity contribution < 1.29 is 4.79 Å². The molecule has 0 spiro atoms. The summed E-state index contributed by atoms with van der Waals surface area (Å²) >= 11 is 1.30. The van der Waals surface area contributed by atoms with Gasteiger partial charge in [0.25, 0.3) is 5.56 Å². The van der Waals surface area contributed by atoms with E-state index < -0.39 is 0 Å². The summed E-state index contributed by atoms with van der Waals surface area (Å²) in [7, 11) is 5.13. The highest BCUT2D eigenvalue weighted by Crippen LogP contribution is 2.25. The van der Waals surface area contributed by atoms with E-state index in [2.05, 4.69) is 4.98 Å². The largest absolute Gasteiger partial charge is 0.348 e. The van der Waals surface area contributed by atoms with Gasteiger partial charge in [0, 0.05) is 21.1 Å². The molecule has 0 unspecified atom stereocenters. The van der Waals surface area contributed by atoms with Crippen LogP contribution in [0.25, 0.3) is 21.7 Å². The van der Waals surface area contributed by atoms with Crippen molar-refractivity contribution in [2.24, 2.45) is 7.05 Å². The predicted octanol–water partition coefficient (Wildman–Crippen LogP) is 2.66. The topological polar surface area (TPSA) is 55.2 Å². The van der Waals surface area contributed by atoms with Crippen LogP contribution in [-0.4, -0.2) is 39.7 Å². The first-order valence-electron chi connectivity index (χ1n) is 7.66. The summed E-state index contributed by atoms with van der Waals surface area (Å²) in [6, 6.07) is 11.7. The summed E-state index contributed by atoms with van der Waals surface area (Å²) in [5.74, 6) is -0.00661. The van der Waals surface area contributed by atoms with Crippen LogP contribution in [0.1, 0.15) is 6.92 Å². The maximum Gasteiger partial charge on any atom is 0.261 e. The Labute approximate surface area is 144 Å². The van der Waals surface area contributed by atoms with Crippen molar-refractivity contribution in [1.29, 1.82) is 0 Å². The van der Waals surface area contributed by atoms with Gasteiger partial charge in [-0.3, -0.25) is 14.2 Å². The first kappa shape index (κ1) is 16.5. The third-order valence-corrected chi connectivity index (χ3v) is 5.10. The number of thioether (sulfide) groups is 1. The molecule has 0 fully saturated rings. The molecule has 0 N–H and O–H groups in total. The van der Waals surface area contributed by atoms with Crippen LogP contribution in [0.15, 0.2) is 46.3 Å². The maximum absolute atomic E-state index is 12.7. The minimum absolute atomic E-state index is 0.00661. The fourth-order valence-electron chi connectivity index (χ4n) is 2.62. The molecule has 6 heteroatoms. The number of rotatable bonds is 3. The fraction of sp³-hybridized carbons (Fsp3) is 0.278. The summed E-state index contributed by atoms with van der Waals surface area (Å²) in [5.41, 5.74) is 0.557. The lowest BCUT2D eigenvalue weighted by Gasteiger charge is -2.17. The zero-order valence-corrected chi connectivity index (χ0v) is 14.9. The Hall–Kier alpha value is -2.34. The minimum atomic E-state index is -0.309. The Morgan fingerprint density at radius 1 is 1.21 bits per heavy atom. The first-order valence-corrected chi connectivity index (χ1v) is 8.54. The minimum Gasteiger partial charge on any atom is -0.348 e. The van der Waals surface area contributed by atoms with Crippen LogP contribution in [0.3, 0.4) is 0 Å². The molecule has 1 aromatic heterocycles. The van der Waals surface area contributed by atoms with E-state index in [0.717, 1.165) is 10.8 Å². The van der Waals surface area contributed by atoms with Crippen LogP contribution in [0.2, 0.25) is 0 Å². The van der Waals surface area contributed by atoms with Crippen molar-refractivity contribution in [2.45, 2.75) is 17.3 Å². The predicted molar refractivity (Wildman–Crippen MR) is 98.5 cm³/mol. The molecule has 124 valence electrons. The number of nitrogens with zero attached hydrogens (tertiary/aromatic N) is 3. The quantitative estimate of drug-likeness (QED) is 0.417. The maximum atomic E-state index is 12.7. The lowest BCUT2D eigenvalue weighted by Crippen LogP contribution is -2.30. The molecule has 5 nitrogen and oxygen atoms in total. The SMILES string of the molecule is C[C@@H](Sc1nc2cc3ccccc3cc2c(=O)n1C)C(=O)N(C)C. The Kier molecular flexibility index (Phi) is 4.32. The van der Waals surface area contributed by atoms with Gasteiger partial charge >= 0.3 is 0 Å². The van der Waals surface area contributed by atoms with E-state index in [0.29, 0.717) is 16.1 Å². The average molecular weight is 341 g/mol. The van der Waals surface area contributed by atoms with E-state index in [4.69, 9.17) is 0 Å². The summed E-state index contributed by atoms with van der Waals surface area (Å²) < 4.78 is 1.52. The standard InChI is InChI=1S/C18H19N3O2S/c1-11(16(22)20(2)3)24-18-19-15-10-13-8-6-5-7-12(13)9-14(15)17(23)21(18)4/h5-11H,1-4H3/t11-/m1/s1. The summed E-state index contributed by atoms with van der Waals surface area (Å²) in [6.45, 7) is 1.82. The van der Waals surface area contributed by atoms with Crippen molar-refractivity contribution in [2.75, 3.05) is 14.1 Å². The summed E-state index contributed by atoms with van der Waals surface area (Å²) in [5, 5.41) is 2.88. The highest BCUT2D eigenvalue weighted by atomic mass is 32.2. The first-order chi connectivity index (χ1) is 11.4. The second-order valence-electron chi connectivity index (χ2n) is 5.97. The van der Waals surface area contributed by atoms with E-state index in [1.807, 2.05) is 43.3 Å². The van der Waals surface area contributed by atoms with Crippen LogP contribution in [0.4, 0.5) is 0 Å². The molecule has 0 saturated heterocycles. The molecule has 2 aromatic carbocycles. The molecule has 0 aliphatic heterocycles. The molecular formula is C18H19N3O2S. The average Bonchev–Trinajstić information content (AvgIpc) is 2.57. The summed E-state index contributed by atoms with van der Waals surface area (Å²) in [6.07, 6.45) is 0. The van der Waals surface area contributed by atoms with Gasteiger partial charge in [-0.25, -0.2) is 4.98 Å². The van der Waals surface area contributed by atoms with Gasteiger partial charge in [0.05, 0.1) is 16.2 Å². The molecule has 1 heterocycles. The Bertz CT molecular complexity index is 995. The molecule has 0 aliphatic rings. The van der Waals surface area contributed by atoms with E-state index in [9.17, 15) is 9.59 Å². The van der Waals surface area contributed by atoms with Gasteiger partial charge < -0.3 is 4.90 Å². The number of aromatic nitrogens is 2. The van der Waals surface area contributed by atoms with Crippen LogP contribution in [0.5, 0.6) is 0 Å². The molecule has 0 radical (unpaired) electrons. The normalized spacial score (nSPS) is 12.5. The molecule has 3 rings (SSSR count). The van der Waals surface area contributed by atoms with E-state index >= 15 is 0 Å². The molecular weight excluding hydrogens is 322 g/mol. The van der Waals surface area contributed by atoms with E-state index in [-0.39, 0.29) is 16.7 Å². The van der Waals surface area contributed by atoms with Crippen molar-refractivity contribution in [1.82, 2.24) is 14.5 Å². The highest BCUT2D eigenvalue weighted by molar-refractivity contribution is 8.00. The Morgan fingerprint density at radius 3 is 2.46 bits per heavy atom. The second-order valence-corrected chi connectivity index (χ2v) is 7.28. The highest BCUT2D eigenvalue weighted by Gasteiger charge is 2.19. The third-order valence-electron chi connectivity index (χ3n) is 3.97. The number of carbonyl (C=O) groups excluding carboxylic acids is 1. The molecule has 24 heavy (non-hydrogen) atoms. The van der Waals surface area contributed by atoms with Crippen molar-refractivity contribution in [3.63, 3.8) is 0 Å². The van der Waals surface area contributed by atoms with Crippen LogP contribution in [0, 0.1) is 0 Å². The van der Waals surface area contributed by atoms with Crippen LogP contribution < -0.4 is 5.56 Å². The number of fused-ring (bicyclic) bond motifs is 2. The molecule has 0 saturated carbocycles. The number of benzene rings is 2.